The molecule has 2 aromatic rings. The molecule has 0 radical (unpaired) electrons. The van der Waals surface area contributed by atoms with Crippen molar-refractivity contribution >= 4 is 17.6 Å². The van der Waals surface area contributed by atoms with Crippen molar-refractivity contribution in [1.29, 1.82) is 0 Å². The average molecular weight is 374 g/mol. The SMILES string of the molecule is CCN(Cc1cccc(F)c1)C(=O)COC(=O)Cc1ccccc1[N+](=O)[O-]. The summed E-state index contributed by atoms with van der Waals surface area (Å²) in [5.41, 5.74) is 0.658. The fraction of sp³-hybridized carbons (Fsp3) is 0.263. The van der Waals surface area contributed by atoms with Gasteiger partial charge in [0.05, 0.1) is 11.3 Å². The summed E-state index contributed by atoms with van der Waals surface area (Å²) < 4.78 is 18.2. The van der Waals surface area contributed by atoms with Crippen LogP contribution in [0.3, 0.4) is 0 Å². The zero-order chi connectivity index (χ0) is 19.8. The molecule has 0 aliphatic heterocycles. The first-order valence-corrected chi connectivity index (χ1v) is 8.30. The molecular weight excluding hydrogens is 355 g/mol. The maximum atomic E-state index is 13.3. The quantitative estimate of drug-likeness (QED) is 0.403. The number of ether oxygens (including phenoxy) is 1. The highest BCUT2D eigenvalue weighted by Gasteiger charge is 2.19. The molecule has 0 atom stereocenters. The number of hydrogen-bond donors (Lipinski definition) is 0. The molecule has 0 spiro atoms. The Hall–Kier alpha value is -3.29. The van der Waals surface area contributed by atoms with Crippen LogP contribution in [0.2, 0.25) is 0 Å². The van der Waals surface area contributed by atoms with E-state index in [0.717, 1.165) is 0 Å². The highest BCUT2D eigenvalue weighted by molar-refractivity contribution is 5.81. The van der Waals surface area contributed by atoms with E-state index in [-0.39, 0.29) is 24.2 Å². The van der Waals surface area contributed by atoms with E-state index in [1.807, 2.05) is 0 Å². The van der Waals surface area contributed by atoms with Crippen molar-refractivity contribution in [2.75, 3.05) is 13.2 Å². The smallest absolute Gasteiger partial charge is 0.311 e. The third-order valence-corrected chi connectivity index (χ3v) is 3.88. The number of esters is 1. The molecule has 0 saturated heterocycles. The molecule has 0 fully saturated rings. The number of nitro benzene ring substituents is 1. The number of amides is 1. The van der Waals surface area contributed by atoms with Crippen molar-refractivity contribution in [2.24, 2.45) is 0 Å². The van der Waals surface area contributed by atoms with Gasteiger partial charge in [-0.1, -0.05) is 30.3 Å². The lowest BCUT2D eigenvalue weighted by molar-refractivity contribution is -0.385. The van der Waals surface area contributed by atoms with Crippen LogP contribution in [0.4, 0.5) is 10.1 Å². The van der Waals surface area contributed by atoms with Gasteiger partial charge in [-0.3, -0.25) is 19.7 Å². The third kappa shape index (κ3) is 5.88. The molecule has 0 unspecified atom stereocenters. The fourth-order valence-corrected chi connectivity index (χ4v) is 2.51. The topological polar surface area (TPSA) is 89.8 Å². The maximum Gasteiger partial charge on any atom is 0.311 e. The predicted octanol–water partition coefficient (Wildman–Crippen LogP) is 2.87. The van der Waals surface area contributed by atoms with Crippen molar-refractivity contribution < 1.29 is 23.6 Å². The maximum absolute atomic E-state index is 13.3. The molecule has 0 aliphatic rings. The fourth-order valence-electron chi connectivity index (χ4n) is 2.51. The number of likely N-dealkylation sites (N-methyl/N-ethyl adjacent to an activating group) is 1. The Kier molecular flexibility index (Phi) is 6.99. The molecule has 0 N–H and O–H groups in total. The number of halogens is 1. The second kappa shape index (κ2) is 9.42. The number of para-hydroxylation sites is 1. The molecule has 0 saturated carbocycles. The van der Waals surface area contributed by atoms with Gasteiger partial charge in [0.15, 0.2) is 6.61 Å². The zero-order valence-electron chi connectivity index (χ0n) is 14.8. The van der Waals surface area contributed by atoms with Crippen LogP contribution in [0.5, 0.6) is 0 Å². The molecule has 142 valence electrons. The van der Waals surface area contributed by atoms with E-state index in [9.17, 15) is 24.1 Å². The van der Waals surface area contributed by atoms with Crippen LogP contribution in [0.1, 0.15) is 18.1 Å². The van der Waals surface area contributed by atoms with E-state index in [0.29, 0.717) is 12.1 Å². The zero-order valence-corrected chi connectivity index (χ0v) is 14.8. The Morgan fingerprint density at radius 2 is 1.93 bits per heavy atom. The second-order valence-corrected chi connectivity index (χ2v) is 5.76. The van der Waals surface area contributed by atoms with Crippen LogP contribution in [-0.2, 0) is 27.3 Å². The molecule has 0 aliphatic carbocycles. The normalized spacial score (nSPS) is 10.3. The van der Waals surface area contributed by atoms with Gasteiger partial charge in [0.1, 0.15) is 5.82 Å². The van der Waals surface area contributed by atoms with E-state index in [4.69, 9.17) is 4.74 Å². The van der Waals surface area contributed by atoms with E-state index in [2.05, 4.69) is 0 Å². The first kappa shape index (κ1) is 20.0. The number of carbonyl (C=O) groups excluding carboxylic acids is 2. The first-order chi connectivity index (χ1) is 12.9. The van der Waals surface area contributed by atoms with Crippen molar-refractivity contribution in [2.45, 2.75) is 19.9 Å². The highest BCUT2D eigenvalue weighted by atomic mass is 19.1. The van der Waals surface area contributed by atoms with Crippen molar-refractivity contribution in [3.63, 3.8) is 0 Å². The molecule has 27 heavy (non-hydrogen) atoms. The summed E-state index contributed by atoms with van der Waals surface area (Å²) in [7, 11) is 0. The van der Waals surface area contributed by atoms with E-state index in [1.165, 1.54) is 35.2 Å². The summed E-state index contributed by atoms with van der Waals surface area (Å²) in [6.07, 6.45) is -0.305. The number of nitro groups is 1. The molecule has 0 aromatic heterocycles. The standard InChI is InChI=1S/C19H19FN2O5/c1-2-21(12-14-6-5-8-16(20)10-14)18(23)13-27-19(24)11-15-7-3-4-9-17(15)22(25)26/h3-10H,2,11-13H2,1H3. The molecular formula is C19H19FN2O5. The molecule has 2 rings (SSSR count). The number of rotatable bonds is 8. The van der Waals surface area contributed by atoms with Gasteiger partial charge in [0, 0.05) is 24.7 Å². The number of hydrogen-bond acceptors (Lipinski definition) is 5. The van der Waals surface area contributed by atoms with Crippen LogP contribution in [-0.4, -0.2) is 34.9 Å². The summed E-state index contributed by atoms with van der Waals surface area (Å²) in [5.74, 6) is -1.57. The van der Waals surface area contributed by atoms with Gasteiger partial charge in [-0.05, 0) is 24.6 Å². The molecule has 7 nitrogen and oxygen atoms in total. The summed E-state index contributed by atoms with van der Waals surface area (Å²) in [6, 6.07) is 11.7. The summed E-state index contributed by atoms with van der Waals surface area (Å²) >= 11 is 0. The average Bonchev–Trinajstić information content (AvgIpc) is 2.64. The molecule has 0 bridgehead atoms. The lowest BCUT2D eigenvalue weighted by Gasteiger charge is -2.21. The summed E-state index contributed by atoms with van der Waals surface area (Å²) in [6.45, 7) is 1.82. The number of benzene rings is 2. The van der Waals surface area contributed by atoms with Gasteiger partial charge in [-0.25, -0.2) is 4.39 Å². The van der Waals surface area contributed by atoms with Crippen molar-refractivity contribution in [3.8, 4) is 0 Å². The first-order valence-electron chi connectivity index (χ1n) is 8.30. The molecule has 8 heteroatoms. The Morgan fingerprint density at radius 1 is 1.19 bits per heavy atom. The van der Waals surface area contributed by atoms with Gasteiger partial charge in [0.25, 0.3) is 11.6 Å². The van der Waals surface area contributed by atoms with Crippen LogP contribution < -0.4 is 0 Å². The molecule has 2 aromatic carbocycles. The summed E-state index contributed by atoms with van der Waals surface area (Å²) in [4.78, 5) is 36.0. The van der Waals surface area contributed by atoms with E-state index >= 15 is 0 Å². The van der Waals surface area contributed by atoms with Crippen molar-refractivity contribution in [1.82, 2.24) is 4.90 Å². The second-order valence-electron chi connectivity index (χ2n) is 5.76. The van der Waals surface area contributed by atoms with Gasteiger partial charge in [0.2, 0.25) is 0 Å². The Morgan fingerprint density at radius 3 is 2.59 bits per heavy atom. The van der Waals surface area contributed by atoms with Gasteiger partial charge < -0.3 is 9.64 Å². The largest absolute Gasteiger partial charge is 0.455 e. The van der Waals surface area contributed by atoms with Crippen LogP contribution in [0.15, 0.2) is 48.5 Å². The predicted molar refractivity (Wildman–Crippen MR) is 95.3 cm³/mol. The minimum absolute atomic E-state index is 0.179. The Balaban J connectivity index is 1.91. The number of nitrogens with zero attached hydrogens (tertiary/aromatic N) is 2. The lowest BCUT2D eigenvalue weighted by atomic mass is 10.1. The lowest BCUT2D eigenvalue weighted by Crippen LogP contribution is -2.34. The van der Waals surface area contributed by atoms with Gasteiger partial charge in [-0.2, -0.15) is 0 Å². The van der Waals surface area contributed by atoms with Crippen LogP contribution in [0.25, 0.3) is 0 Å². The molecule has 0 heterocycles. The van der Waals surface area contributed by atoms with Crippen LogP contribution >= 0.6 is 0 Å². The summed E-state index contributed by atoms with van der Waals surface area (Å²) in [5, 5.41) is 11.0. The third-order valence-electron chi connectivity index (χ3n) is 3.88. The van der Waals surface area contributed by atoms with Crippen molar-refractivity contribution in [3.05, 3.63) is 75.6 Å². The minimum atomic E-state index is -0.737. The number of carbonyl (C=O) groups is 2. The monoisotopic (exact) mass is 374 g/mol. The molecule has 1 amide bonds. The van der Waals surface area contributed by atoms with Crippen LogP contribution in [0, 0.1) is 15.9 Å². The Bertz CT molecular complexity index is 840. The minimum Gasteiger partial charge on any atom is -0.455 e. The highest BCUT2D eigenvalue weighted by Crippen LogP contribution is 2.18. The van der Waals surface area contributed by atoms with E-state index < -0.39 is 29.2 Å². The van der Waals surface area contributed by atoms with Gasteiger partial charge in [-0.15, -0.1) is 0 Å². The van der Waals surface area contributed by atoms with E-state index in [1.54, 1.807) is 25.1 Å². The van der Waals surface area contributed by atoms with Gasteiger partial charge >= 0.3 is 5.97 Å². The Labute approximate surface area is 155 Å².